The maximum Gasteiger partial charge on any atom is 0.279 e. The zero-order chi connectivity index (χ0) is 12.3. The maximum absolute atomic E-state index is 11.8. The quantitative estimate of drug-likeness (QED) is 0.738. The van der Waals surface area contributed by atoms with Gasteiger partial charge in [0.05, 0.1) is 6.10 Å². The van der Waals surface area contributed by atoms with Gasteiger partial charge in [0.25, 0.3) is 10.2 Å². The zero-order valence-corrected chi connectivity index (χ0v) is 11.0. The zero-order valence-electron chi connectivity index (χ0n) is 10.2. The molecule has 2 atom stereocenters. The Labute approximate surface area is 98.0 Å². The van der Waals surface area contributed by atoms with E-state index in [4.69, 9.17) is 0 Å². The lowest BCUT2D eigenvalue weighted by Gasteiger charge is -2.22. The third-order valence-corrected chi connectivity index (χ3v) is 4.89. The molecule has 2 N–H and O–H groups in total. The van der Waals surface area contributed by atoms with Crippen LogP contribution in [-0.2, 0) is 10.2 Å². The van der Waals surface area contributed by atoms with Crippen molar-refractivity contribution in [3.63, 3.8) is 0 Å². The van der Waals surface area contributed by atoms with Gasteiger partial charge in [0.1, 0.15) is 0 Å². The minimum Gasteiger partial charge on any atom is -0.393 e. The van der Waals surface area contributed by atoms with Gasteiger partial charge in [-0.2, -0.15) is 12.7 Å². The van der Waals surface area contributed by atoms with E-state index < -0.39 is 10.2 Å². The fraction of sp³-hybridized carbons (Fsp3) is 1.00. The van der Waals surface area contributed by atoms with Crippen molar-refractivity contribution in [1.82, 2.24) is 9.03 Å². The van der Waals surface area contributed by atoms with E-state index in [-0.39, 0.29) is 18.1 Å². The molecule has 96 valence electrons. The molecule has 0 saturated heterocycles. The number of rotatable bonds is 5. The lowest BCUT2D eigenvalue weighted by molar-refractivity contribution is 0.177. The van der Waals surface area contributed by atoms with Crippen LogP contribution in [0.1, 0.15) is 33.1 Å². The molecular weight excluding hydrogens is 228 g/mol. The van der Waals surface area contributed by atoms with Gasteiger partial charge < -0.3 is 5.11 Å². The summed E-state index contributed by atoms with van der Waals surface area (Å²) in [5.41, 5.74) is 0. The maximum atomic E-state index is 11.8. The molecule has 6 heteroatoms. The van der Waals surface area contributed by atoms with Gasteiger partial charge in [-0.1, -0.05) is 0 Å². The van der Waals surface area contributed by atoms with Crippen molar-refractivity contribution < 1.29 is 13.5 Å². The molecule has 0 heterocycles. The number of nitrogens with zero attached hydrogens (tertiary/aromatic N) is 1. The molecule has 0 spiro atoms. The van der Waals surface area contributed by atoms with Gasteiger partial charge in [-0.15, -0.1) is 0 Å². The topological polar surface area (TPSA) is 69.6 Å². The molecule has 1 aliphatic rings. The average Bonchev–Trinajstić information content (AvgIpc) is 2.60. The summed E-state index contributed by atoms with van der Waals surface area (Å²) in [6.07, 6.45) is 2.13. The molecule has 0 aromatic rings. The van der Waals surface area contributed by atoms with Gasteiger partial charge in [-0.05, 0) is 39.0 Å². The Morgan fingerprint density at radius 3 is 2.50 bits per heavy atom. The van der Waals surface area contributed by atoms with E-state index in [0.717, 1.165) is 12.8 Å². The van der Waals surface area contributed by atoms with Crippen molar-refractivity contribution in [3.05, 3.63) is 0 Å². The molecule has 1 aliphatic carbocycles. The van der Waals surface area contributed by atoms with Crippen LogP contribution in [0.25, 0.3) is 0 Å². The predicted molar refractivity (Wildman–Crippen MR) is 63.2 cm³/mol. The summed E-state index contributed by atoms with van der Waals surface area (Å²) < 4.78 is 27.4. The summed E-state index contributed by atoms with van der Waals surface area (Å²) in [5.74, 6) is 0.269. The number of hydrogen-bond donors (Lipinski definition) is 2. The normalized spacial score (nSPS) is 26.9. The van der Waals surface area contributed by atoms with Crippen molar-refractivity contribution in [2.24, 2.45) is 5.92 Å². The number of aliphatic hydroxyl groups is 1. The van der Waals surface area contributed by atoms with Crippen molar-refractivity contribution in [3.8, 4) is 0 Å². The van der Waals surface area contributed by atoms with Crippen LogP contribution in [0.2, 0.25) is 0 Å². The summed E-state index contributed by atoms with van der Waals surface area (Å²) in [6.45, 7) is 4.09. The van der Waals surface area contributed by atoms with Crippen LogP contribution in [-0.4, -0.2) is 43.6 Å². The van der Waals surface area contributed by atoms with Crippen molar-refractivity contribution in [2.45, 2.75) is 45.3 Å². The minimum absolute atomic E-state index is 0.0494. The summed E-state index contributed by atoms with van der Waals surface area (Å²) in [6, 6.07) is -0.0494. The minimum atomic E-state index is -3.36. The van der Waals surface area contributed by atoms with Gasteiger partial charge in [0, 0.05) is 19.6 Å². The highest BCUT2D eigenvalue weighted by Gasteiger charge is 2.26. The standard InChI is InChI=1S/C10H22N2O3S/c1-8(2)12(3)16(14,15)11-7-9-4-5-10(13)6-9/h8-11,13H,4-7H2,1-3H3. The van der Waals surface area contributed by atoms with E-state index in [1.807, 2.05) is 13.8 Å². The van der Waals surface area contributed by atoms with Crippen LogP contribution < -0.4 is 4.72 Å². The Kier molecular flexibility index (Phi) is 4.73. The van der Waals surface area contributed by atoms with Crippen molar-refractivity contribution >= 4 is 10.2 Å². The van der Waals surface area contributed by atoms with Gasteiger partial charge in [0.2, 0.25) is 0 Å². The molecular formula is C10H22N2O3S. The third kappa shape index (κ3) is 3.69. The fourth-order valence-electron chi connectivity index (χ4n) is 1.84. The largest absolute Gasteiger partial charge is 0.393 e. The molecule has 2 unspecified atom stereocenters. The molecule has 0 bridgehead atoms. The summed E-state index contributed by atoms with van der Waals surface area (Å²) in [5, 5.41) is 9.34. The van der Waals surface area contributed by atoms with Crippen molar-refractivity contribution in [2.75, 3.05) is 13.6 Å². The molecule has 0 amide bonds. The second kappa shape index (κ2) is 5.44. The van der Waals surface area contributed by atoms with Crippen LogP contribution in [0, 0.1) is 5.92 Å². The Hall–Kier alpha value is -0.170. The Morgan fingerprint density at radius 2 is 2.06 bits per heavy atom. The molecule has 0 radical (unpaired) electrons. The Balaban J connectivity index is 2.42. The highest BCUT2D eigenvalue weighted by atomic mass is 32.2. The number of aliphatic hydroxyl groups excluding tert-OH is 1. The van der Waals surface area contributed by atoms with E-state index in [9.17, 15) is 13.5 Å². The first-order valence-corrected chi connectivity index (χ1v) is 7.17. The van der Waals surface area contributed by atoms with E-state index >= 15 is 0 Å². The van der Waals surface area contributed by atoms with Crippen LogP contribution in [0.4, 0.5) is 0 Å². The molecule has 1 saturated carbocycles. The number of nitrogens with one attached hydrogen (secondary N) is 1. The highest BCUT2D eigenvalue weighted by molar-refractivity contribution is 7.87. The smallest absolute Gasteiger partial charge is 0.279 e. The summed E-state index contributed by atoms with van der Waals surface area (Å²) >= 11 is 0. The molecule has 1 fully saturated rings. The van der Waals surface area contributed by atoms with Crippen LogP contribution in [0.15, 0.2) is 0 Å². The second-order valence-corrected chi connectivity index (χ2v) is 6.61. The molecule has 0 aromatic carbocycles. The first-order chi connectivity index (χ1) is 7.33. The monoisotopic (exact) mass is 250 g/mol. The van der Waals surface area contributed by atoms with E-state index in [1.54, 1.807) is 7.05 Å². The SMILES string of the molecule is CC(C)N(C)S(=O)(=O)NCC1CCC(O)C1. The van der Waals surface area contributed by atoms with Crippen LogP contribution in [0.3, 0.4) is 0 Å². The van der Waals surface area contributed by atoms with Crippen molar-refractivity contribution in [1.29, 1.82) is 0 Å². The van der Waals surface area contributed by atoms with E-state index in [1.165, 1.54) is 4.31 Å². The number of hydrogen-bond acceptors (Lipinski definition) is 3. The summed E-state index contributed by atoms with van der Waals surface area (Å²) in [4.78, 5) is 0. The lowest BCUT2D eigenvalue weighted by Crippen LogP contribution is -2.43. The van der Waals surface area contributed by atoms with Crippen LogP contribution in [0.5, 0.6) is 0 Å². The van der Waals surface area contributed by atoms with Gasteiger partial charge in [0.15, 0.2) is 0 Å². The highest BCUT2D eigenvalue weighted by Crippen LogP contribution is 2.24. The second-order valence-electron chi connectivity index (χ2n) is 4.80. The molecule has 16 heavy (non-hydrogen) atoms. The van der Waals surface area contributed by atoms with Gasteiger partial charge in [-0.3, -0.25) is 0 Å². The fourth-order valence-corrected chi connectivity index (χ4v) is 3.04. The van der Waals surface area contributed by atoms with Gasteiger partial charge >= 0.3 is 0 Å². The predicted octanol–water partition coefficient (Wildman–Crippen LogP) is 0.322. The molecule has 5 nitrogen and oxygen atoms in total. The molecule has 1 rings (SSSR count). The summed E-state index contributed by atoms with van der Waals surface area (Å²) in [7, 11) is -1.80. The van der Waals surface area contributed by atoms with E-state index in [2.05, 4.69) is 4.72 Å². The molecule has 0 aliphatic heterocycles. The first-order valence-electron chi connectivity index (χ1n) is 5.73. The lowest BCUT2D eigenvalue weighted by atomic mass is 10.1. The average molecular weight is 250 g/mol. The first kappa shape index (κ1) is 13.9. The van der Waals surface area contributed by atoms with E-state index in [0.29, 0.717) is 13.0 Å². The van der Waals surface area contributed by atoms with Crippen LogP contribution >= 0.6 is 0 Å². The molecule has 0 aromatic heterocycles. The third-order valence-electron chi connectivity index (χ3n) is 3.17. The van der Waals surface area contributed by atoms with Gasteiger partial charge in [-0.25, -0.2) is 4.72 Å². The Morgan fingerprint density at radius 1 is 1.44 bits per heavy atom. The Bertz CT molecular complexity index is 316.